The van der Waals surface area contributed by atoms with Crippen molar-refractivity contribution in [3.05, 3.63) is 124 Å². The normalized spacial score (nSPS) is 13.2. The second kappa shape index (κ2) is 10.7. The number of aromatic hydroxyl groups is 1. The number of fused-ring (bicyclic) bond motifs is 1. The summed E-state index contributed by atoms with van der Waals surface area (Å²) >= 11 is 6.08. The molecular formula is C31H24ClF2NO2. The first-order valence-corrected chi connectivity index (χ1v) is 12.4. The van der Waals surface area contributed by atoms with E-state index >= 15 is 0 Å². The number of hydrogen-bond acceptors (Lipinski definition) is 3. The molecule has 0 spiro atoms. The first-order valence-electron chi connectivity index (χ1n) is 12.0. The summed E-state index contributed by atoms with van der Waals surface area (Å²) in [6, 6.07) is 19.7. The first kappa shape index (κ1) is 24.8. The number of nitrogens with zero attached hydrogens (tertiary/aromatic N) is 1. The van der Waals surface area contributed by atoms with E-state index in [1.54, 1.807) is 30.5 Å². The van der Waals surface area contributed by atoms with Crippen LogP contribution < -0.4 is 0 Å². The molecule has 1 aromatic heterocycles. The summed E-state index contributed by atoms with van der Waals surface area (Å²) in [6.07, 6.45) is 4.98. The predicted molar refractivity (Wildman–Crippen MR) is 142 cm³/mol. The first-order chi connectivity index (χ1) is 17.9. The van der Waals surface area contributed by atoms with E-state index in [4.69, 9.17) is 11.6 Å². The maximum absolute atomic E-state index is 14.0. The molecule has 1 N–H and O–H groups in total. The number of ketones is 1. The summed E-state index contributed by atoms with van der Waals surface area (Å²) in [5.74, 6) is -1.59. The van der Waals surface area contributed by atoms with E-state index in [2.05, 4.69) is 4.98 Å². The Bertz CT molecular complexity index is 1480. The van der Waals surface area contributed by atoms with Gasteiger partial charge in [0.05, 0.1) is 5.69 Å². The lowest BCUT2D eigenvalue weighted by Crippen LogP contribution is -2.13. The fraction of sp³-hybridized carbons (Fsp3) is 0.161. The van der Waals surface area contributed by atoms with Crippen molar-refractivity contribution in [1.29, 1.82) is 0 Å². The summed E-state index contributed by atoms with van der Waals surface area (Å²) in [7, 11) is 0. The molecule has 0 amide bonds. The maximum atomic E-state index is 14.0. The lowest BCUT2D eigenvalue weighted by molar-refractivity contribution is -0.118. The van der Waals surface area contributed by atoms with Gasteiger partial charge in [0.1, 0.15) is 23.2 Å². The second-order valence-corrected chi connectivity index (χ2v) is 9.75. The highest BCUT2D eigenvalue weighted by Gasteiger charge is 2.24. The molecule has 1 aliphatic carbocycles. The number of hydrogen-bond donors (Lipinski definition) is 1. The highest BCUT2D eigenvalue weighted by Crippen LogP contribution is 2.36. The minimum absolute atomic E-state index is 0.0166. The largest absolute Gasteiger partial charge is 0.508 e. The molecule has 0 saturated heterocycles. The van der Waals surface area contributed by atoms with Crippen molar-refractivity contribution in [1.82, 2.24) is 4.98 Å². The van der Waals surface area contributed by atoms with Gasteiger partial charge in [0.2, 0.25) is 0 Å². The molecule has 37 heavy (non-hydrogen) atoms. The summed E-state index contributed by atoms with van der Waals surface area (Å²) in [4.78, 5) is 18.0. The third-order valence-corrected chi connectivity index (χ3v) is 6.91. The van der Waals surface area contributed by atoms with Crippen LogP contribution in [0.5, 0.6) is 5.75 Å². The zero-order chi connectivity index (χ0) is 25.9. The summed E-state index contributed by atoms with van der Waals surface area (Å²) < 4.78 is 28.0. The molecule has 0 bridgehead atoms. The molecule has 1 aliphatic rings. The zero-order valence-electron chi connectivity index (χ0n) is 19.9. The van der Waals surface area contributed by atoms with Crippen molar-refractivity contribution in [2.75, 3.05) is 0 Å². The molecule has 5 rings (SSSR count). The van der Waals surface area contributed by atoms with Crippen molar-refractivity contribution >= 4 is 23.0 Å². The highest BCUT2D eigenvalue weighted by atomic mass is 35.5. The molecule has 6 heteroatoms. The summed E-state index contributed by atoms with van der Waals surface area (Å²) in [5, 5.41) is 10.5. The third-order valence-electron chi connectivity index (χ3n) is 6.65. The van der Waals surface area contributed by atoms with Gasteiger partial charge in [0.15, 0.2) is 0 Å². The van der Waals surface area contributed by atoms with Gasteiger partial charge in [-0.2, -0.15) is 0 Å². The van der Waals surface area contributed by atoms with Crippen LogP contribution in [-0.4, -0.2) is 15.9 Å². The van der Waals surface area contributed by atoms with Gasteiger partial charge in [-0.1, -0.05) is 41.9 Å². The average molecular weight is 516 g/mol. The maximum Gasteiger partial charge on any atom is 0.137 e. The lowest BCUT2D eigenvalue weighted by atomic mass is 9.85. The van der Waals surface area contributed by atoms with Crippen molar-refractivity contribution in [3.8, 4) is 16.9 Å². The lowest BCUT2D eigenvalue weighted by Gasteiger charge is -2.20. The van der Waals surface area contributed by atoms with E-state index in [1.165, 1.54) is 12.1 Å². The number of allylic oxidation sites excluding steroid dienone is 2. The molecule has 3 nitrogen and oxygen atoms in total. The SMILES string of the molecule is O=C(CC1=CCc2ccc(O)cc21)C[C@@H](Cc1cc(F)cc(F)c1)c1ncccc1-c1ccc(Cl)cc1. The van der Waals surface area contributed by atoms with Gasteiger partial charge < -0.3 is 5.11 Å². The van der Waals surface area contributed by atoms with Crippen molar-refractivity contribution in [2.24, 2.45) is 0 Å². The van der Waals surface area contributed by atoms with E-state index < -0.39 is 17.6 Å². The minimum atomic E-state index is -0.661. The van der Waals surface area contributed by atoms with E-state index in [1.807, 2.05) is 36.4 Å². The Morgan fingerprint density at radius 1 is 0.973 bits per heavy atom. The monoisotopic (exact) mass is 515 g/mol. The summed E-state index contributed by atoms with van der Waals surface area (Å²) in [6.45, 7) is 0. The van der Waals surface area contributed by atoms with Gasteiger partial charge >= 0.3 is 0 Å². The van der Waals surface area contributed by atoms with Crippen LogP contribution in [0.2, 0.25) is 5.02 Å². The molecular weight excluding hydrogens is 492 g/mol. The Kier molecular flexibility index (Phi) is 7.15. The Morgan fingerprint density at radius 3 is 2.49 bits per heavy atom. The molecule has 0 fully saturated rings. The molecule has 0 aliphatic heterocycles. The van der Waals surface area contributed by atoms with Gasteiger partial charge in [-0.25, -0.2) is 8.78 Å². The zero-order valence-corrected chi connectivity index (χ0v) is 20.7. The second-order valence-electron chi connectivity index (χ2n) is 9.32. The standard InChI is InChI=1S/C31H24ClF2NO2/c32-24-8-5-20(6-9-24)29-2-1-11-35-31(29)23(12-19-13-25(33)17-26(34)14-19)16-28(37)15-22-4-3-21-7-10-27(36)18-30(21)22/h1-2,4-11,13-14,17-18,23,36H,3,12,15-16H2/t23-/m1/s1. The molecule has 0 radical (unpaired) electrons. The highest BCUT2D eigenvalue weighted by molar-refractivity contribution is 6.30. The van der Waals surface area contributed by atoms with E-state index in [-0.39, 0.29) is 30.8 Å². The van der Waals surface area contributed by atoms with Gasteiger partial charge in [0.25, 0.3) is 0 Å². The van der Waals surface area contributed by atoms with Crippen LogP contribution in [-0.2, 0) is 17.6 Å². The number of benzene rings is 3. The van der Waals surface area contributed by atoms with Gasteiger partial charge in [0, 0.05) is 41.6 Å². The van der Waals surface area contributed by atoms with Gasteiger partial charge in [-0.3, -0.25) is 9.78 Å². The number of rotatable bonds is 8. The van der Waals surface area contributed by atoms with Crippen LogP contribution in [0.15, 0.2) is 85.1 Å². The van der Waals surface area contributed by atoms with E-state index in [0.29, 0.717) is 22.7 Å². The Hall–Kier alpha value is -3.83. The molecule has 186 valence electrons. The molecule has 1 atom stereocenters. The van der Waals surface area contributed by atoms with Crippen LogP contribution >= 0.6 is 11.6 Å². The molecule has 1 heterocycles. The minimum Gasteiger partial charge on any atom is -0.508 e. The van der Waals surface area contributed by atoms with Crippen molar-refractivity contribution in [2.45, 2.75) is 31.6 Å². The molecule has 0 unspecified atom stereocenters. The van der Waals surface area contributed by atoms with Crippen molar-refractivity contribution < 1.29 is 18.7 Å². The number of phenols is 1. The fourth-order valence-electron chi connectivity index (χ4n) is 5.01. The van der Waals surface area contributed by atoms with E-state index in [9.17, 15) is 18.7 Å². The fourth-order valence-corrected chi connectivity index (χ4v) is 5.13. The van der Waals surface area contributed by atoms with Gasteiger partial charge in [-0.05, 0) is 83.1 Å². The number of phenolic OH excluding ortho intramolecular Hbond substituents is 1. The molecule has 4 aromatic rings. The molecule has 0 saturated carbocycles. The van der Waals surface area contributed by atoms with Crippen molar-refractivity contribution in [3.63, 3.8) is 0 Å². The van der Waals surface area contributed by atoms with Crippen LogP contribution in [0.25, 0.3) is 16.7 Å². The summed E-state index contributed by atoms with van der Waals surface area (Å²) in [5.41, 5.74) is 5.70. The Morgan fingerprint density at radius 2 is 1.73 bits per heavy atom. The Balaban J connectivity index is 1.47. The third kappa shape index (κ3) is 5.78. The van der Waals surface area contributed by atoms with Crippen LogP contribution in [0.3, 0.4) is 0 Å². The number of Topliss-reactive ketones (excluding diaryl/α,β-unsaturated/α-hetero) is 1. The molecule has 3 aromatic carbocycles. The predicted octanol–water partition coefficient (Wildman–Crippen LogP) is 7.70. The van der Waals surface area contributed by atoms with Crippen LogP contribution in [0.1, 0.15) is 41.1 Å². The quantitative estimate of drug-likeness (QED) is 0.261. The average Bonchev–Trinajstić information content (AvgIpc) is 3.25. The number of carbonyl (C=O) groups is 1. The van der Waals surface area contributed by atoms with Crippen LogP contribution in [0, 0.1) is 11.6 Å². The smallest absolute Gasteiger partial charge is 0.137 e. The van der Waals surface area contributed by atoms with Crippen LogP contribution in [0.4, 0.5) is 8.78 Å². The topological polar surface area (TPSA) is 50.2 Å². The number of aromatic nitrogens is 1. The Labute approximate surface area is 219 Å². The van der Waals surface area contributed by atoms with Gasteiger partial charge in [-0.15, -0.1) is 0 Å². The number of pyridine rings is 1. The number of halogens is 3. The number of carbonyl (C=O) groups excluding carboxylic acids is 1. The van der Waals surface area contributed by atoms with E-state index in [0.717, 1.165) is 33.9 Å².